The first-order chi connectivity index (χ1) is 15.9. The van der Waals surface area contributed by atoms with Crippen LogP contribution in [0.3, 0.4) is 0 Å². The molecule has 0 spiro atoms. The summed E-state index contributed by atoms with van der Waals surface area (Å²) in [5.74, 6) is 2.82. The maximum atomic E-state index is 12.4. The molecule has 4 fully saturated rings. The summed E-state index contributed by atoms with van der Waals surface area (Å²) in [6.45, 7) is 8.87. The van der Waals surface area contributed by atoms with Gasteiger partial charge in [0.15, 0.2) is 0 Å². The van der Waals surface area contributed by atoms with Crippen molar-refractivity contribution < 1.29 is 9.52 Å². The van der Waals surface area contributed by atoms with Gasteiger partial charge in [-0.3, -0.25) is 0 Å². The van der Waals surface area contributed by atoms with Crippen molar-refractivity contribution in [3.8, 4) is 0 Å². The van der Waals surface area contributed by atoms with Crippen molar-refractivity contribution in [1.29, 1.82) is 0 Å². The molecule has 182 valence electrons. The van der Waals surface area contributed by atoms with E-state index in [0.717, 1.165) is 19.3 Å². The Morgan fingerprint density at radius 3 is 2.70 bits per heavy atom. The van der Waals surface area contributed by atoms with E-state index < -0.39 is 5.60 Å². The molecule has 4 aliphatic carbocycles. The fourth-order valence-corrected chi connectivity index (χ4v) is 10.4. The number of likely N-dealkylation sites (tertiary alicyclic amines) is 1. The summed E-state index contributed by atoms with van der Waals surface area (Å²) in [6, 6.07) is 2.14. The Balaban J connectivity index is 1.18. The molecule has 1 aromatic rings. The summed E-state index contributed by atoms with van der Waals surface area (Å²) in [6.07, 6.45) is 18.7. The summed E-state index contributed by atoms with van der Waals surface area (Å²) in [5.41, 5.74) is 2.82. The first-order valence-corrected chi connectivity index (χ1v) is 14.8. The normalized spacial score (nSPS) is 45.4. The van der Waals surface area contributed by atoms with E-state index in [1.54, 1.807) is 5.57 Å². The van der Waals surface area contributed by atoms with Gasteiger partial charge in [0.1, 0.15) is 0 Å². The van der Waals surface area contributed by atoms with E-state index in [1.807, 2.05) is 12.5 Å². The first kappa shape index (κ1) is 22.7. The van der Waals surface area contributed by atoms with Crippen LogP contribution in [0.2, 0.25) is 0 Å². The summed E-state index contributed by atoms with van der Waals surface area (Å²) in [4.78, 5) is 2.65. The van der Waals surface area contributed by atoms with E-state index in [1.165, 1.54) is 75.9 Å². The smallest absolute Gasteiger partial charge is 0.0937 e. The molecular weight excluding hydrogens is 426 g/mol. The van der Waals surface area contributed by atoms with Gasteiger partial charge in [0.05, 0.1) is 18.1 Å². The largest absolute Gasteiger partial charge is 0.472 e. The van der Waals surface area contributed by atoms with Gasteiger partial charge >= 0.3 is 0 Å². The molecule has 0 amide bonds. The third-order valence-electron chi connectivity index (χ3n) is 11.1. The number of nitrogens with zero attached hydrogens (tertiary/aromatic N) is 1. The Hall–Kier alpha value is -0.710. The Morgan fingerprint density at radius 1 is 1.06 bits per heavy atom. The Labute approximate surface area is 204 Å². The maximum Gasteiger partial charge on any atom is 0.0937 e. The average molecular weight is 470 g/mol. The molecule has 1 N–H and O–H groups in total. The highest BCUT2D eigenvalue weighted by molar-refractivity contribution is 8.00. The second-order valence-corrected chi connectivity index (χ2v) is 13.7. The highest BCUT2D eigenvalue weighted by Gasteiger charge is 2.66. The van der Waals surface area contributed by atoms with Crippen LogP contribution < -0.4 is 0 Å². The topological polar surface area (TPSA) is 36.6 Å². The molecule has 3 nitrogen and oxygen atoms in total. The zero-order chi connectivity index (χ0) is 22.7. The van der Waals surface area contributed by atoms with Crippen molar-refractivity contribution in [2.75, 3.05) is 25.4 Å². The van der Waals surface area contributed by atoms with E-state index in [4.69, 9.17) is 4.42 Å². The van der Waals surface area contributed by atoms with Crippen LogP contribution in [0.4, 0.5) is 0 Å². The van der Waals surface area contributed by atoms with Gasteiger partial charge in [-0.25, -0.2) is 0 Å². The molecule has 6 rings (SSSR count). The molecule has 4 heteroatoms. The van der Waals surface area contributed by atoms with Crippen LogP contribution in [0, 0.1) is 22.7 Å². The highest BCUT2D eigenvalue weighted by atomic mass is 32.2. The minimum absolute atomic E-state index is 0.0156. The lowest BCUT2D eigenvalue weighted by molar-refractivity contribution is -0.177. The van der Waals surface area contributed by atoms with Crippen molar-refractivity contribution in [2.24, 2.45) is 22.7 Å². The van der Waals surface area contributed by atoms with Gasteiger partial charge < -0.3 is 14.4 Å². The zero-order valence-corrected chi connectivity index (χ0v) is 21.5. The summed E-state index contributed by atoms with van der Waals surface area (Å²) >= 11 is 2.20. The molecule has 1 aromatic heterocycles. The molecule has 5 aliphatic rings. The molecule has 33 heavy (non-hydrogen) atoms. The second kappa shape index (κ2) is 8.45. The van der Waals surface area contributed by atoms with Gasteiger partial charge in [0, 0.05) is 23.0 Å². The predicted octanol–water partition coefficient (Wildman–Crippen LogP) is 6.64. The van der Waals surface area contributed by atoms with Crippen LogP contribution in [-0.4, -0.2) is 46.2 Å². The van der Waals surface area contributed by atoms with Gasteiger partial charge in [-0.15, -0.1) is 0 Å². The van der Waals surface area contributed by atoms with Gasteiger partial charge in [-0.2, -0.15) is 11.8 Å². The number of fused-ring (bicyclic) bond motifs is 5. The molecule has 0 unspecified atom stereocenters. The Bertz CT molecular complexity index is 876. The quantitative estimate of drug-likeness (QED) is 0.491. The van der Waals surface area contributed by atoms with Crippen LogP contribution in [-0.2, 0) is 0 Å². The SMILES string of the molecule is C[C@]12CC[C@H](SCCN3CCCC3)C=C1CC[C@@H]1[C@@H]2CC[C@]2(C)[C@@H](c3ccoc3)CC[C@]12O. The number of rotatable bonds is 5. The van der Waals surface area contributed by atoms with Crippen LogP contribution in [0.15, 0.2) is 34.7 Å². The van der Waals surface area contributed by atoms with Gasteiger partial charge in [-0.1, -0.05) is 25.5 Å². The number of thioether (sulfide) groups is 1. The van der Waals surface area contributed by atoms with E-state index in [-0.39, 0.29) is 5.41 Å². The van der Waals surface area contributed by atoms with Crippen LogP contribution in [0.25, 0.3) is 0 Å². The van der Waals surface area contributed by atoms with Gasteiger partial charge in [0.2, 0.25) is 0 Å². The lowest BCUT2D eigenvalue weighted by atomic mass is 9.45. The van der Waals surface area contributed by atoms with Crippen molar-refractivity contribution >= 4 is 11.8 Å². The molecule has 1 aliphatic heterocycles. The van der Waals surface area contributed by atoms with E-state index in [2.05, 4.69) is 42.7 Å². The number of hydrogen-bond acceptors (Lipinski definition) is 4. The standard InChI is InChI=1S/C29H43NO2S/c1-27-11-7-23(33-18-16-30-14-3-4-15-30)19-22(27)5-6-26-25(27)8-12-28(2)24(9-13-29(26,28)31)21-10-17-32-20-21/h10,17,19-20,23-26,31H,3-9,11-16,18H2,1-2H3/t23-,24+,25-,26+,27-,28+,29-/m0/s1. The fraction of sp³-hybridized carbons (Fsp3) is 0.793. The number of aliphatic hydroxyl groups is 1. The third-order valence-corrected chi connectivity index (χ3v) is 12.4. The summed E-state index contributed by atoms with van der Waals surface area (Å²) < 4.78 is 5.45. The lowest BCUT2D eigenvalue weighted by Crippen LogP contribution is -2.60. The van der Waals surface area contributed by atoms with Crippen molar-refractivity contribution in [1.82, 2.24) is 4.90 Å². The minimum Gasteiger partial charge on any atom is -0.472 e. The summed E-state index contributed by atoms with van der Waals surface area (Å²) in [5, 5.41) is 13.1. The van der Waals surface area contributed by atoms with Crippen LogP contribution in [0.5, 0.6) is 0 Å². The monoisotopic (exact) mass is 469 g/mol. The average Bonchev–Trinajstić information content (AvgIpc) is 3.55. The predicted molar refractivity (Wildman–Crippen MR) is 137 cm³/mol. The second-order valence-electron chi connectivity index (χ2n) is 12.4. The van der Waals surface area contributed by atoms with Crippen molar-refractivity contribution in [3.05, 3.63) is 35.8 Å². The molecule has 3 saturated carbocycles. The maximum absolute atomic E-state index is 12.4. The zero-order valence-electron chi connectivity index (χ0n) is 20.7. The minimum atomic E-state index is -0.520. The van der Waals surface area contributed by atoms with Gasteiger partial charge in [-0.05, 0) is 112 Å². The number of allylic oxidation sites excluding steroid dienone is 1. The number of hydrogen-bond donors (Lipinski definition) is 1. The molecule has 1 saturated heterocycles. The first-order valence-electron chi connectivity index (χ1n) is 13.7. The highest BCUT2D eigenvalue weighted by Crippen LogP contribution is 2.70. The van der Waals surface area contributed by atoms with Gasteiger partial charge in [0.25, 0.3) is 0 Å². The van der Waals surface area contributed by atoms with E-state index in [9.17, 15) is 5.11 Å². The number of furan rings is 1. The summed E-state index contributed by atoms with van der Waals surface area (Å²) in [7, 11) is 0. The third kappa shape index (κ3) is 3.52. The van der Waals surface area contributed by atoms with Crippen molar-refractivity contribution in [3.63, 3.8) is 0 Å². The molecule has 0 bridgehead atoms. The molecule has 0 radical (unpaired) electrons. The van der Waals surface area contributed by atoms with Crippen LogP contribution in [0.1, 0.15) is 89.5 Å². The Kier molecular flexibility index (Phi) is 5.82. The molecular formula is C29H43NO2S. The van der Waals surface area contributed by atoms with Crippen molar-refractivity contribution in [2.45, 2.75) is 94.8 Å². The molecule has 2 heterocycles. The molecule has 0 aromatic carbocycles. The Morgan fingerprint density at radius 2 is 1.91 bits per heavy atom. The lowest BCUT2D eigenvalue weighted by Gasteiger charge is -2.62. The van der Waals surface area contributed by atoms with Crippen LogP contribution >= 0.6 is 11.8 Å². The van der Waals surface area contributed by atoms with E-state index in [0.29, 0.717) is 28.4 Å². The van der Waals surface area contributed by atoms with E-state index >= 15 is 0 Å². The fourth-order valence-electron chi connectivity index (χ4n) is 9.14. The molecule has 7 atom stereocenters.